The van der Waals surface area contributed by atoms with Crippen LogP contribution in [0.4, 0.5) is 4.79 Å². The average molecular weight is 530 g/mol. The minimum Gasteiger partial charge on any atom is -0.483 e. The van der Waals surface area contributed by atoms with Gasteiger partial charge in [0, 0.05) is 30.8 Å². The topological polar surface area (TPSA) is 117 Å². The van der Waals surface area contributed by atoms with Crippen molar-refractivity contribution in [3.63, 3.8) is 0 Å². The minimum absolute atomic E-state index is 0.126. The molecule has 1 aliphatic heterocycles. The molecule has 0 radical (unpaired) electrons. The first-order chi connectivity index (χ1) is 18.7. The molecule has 1 fully saturated rings. The predicted octanol–water partition coefficient (Wildman–Crippen LogP) is 3.49. The summed E-state index contributed by atoms with van der Waals surface area (Å²) in [6.45, 7) is 9.19. The van der Waals surface area contributed by atoms with Gasteiger partial charge in [0.2, 0.25) is 5.43 Å². The molecule has 1 saturated heterocycles. The molecule has 202 valence electrons. The van der Waals surface area contributed by atoms with Crippen molar-refractivity contribution in [3.8, 4) is 22.8 Å². The number of rotatable bonds is 7. The van der Waals surface area contributed by atoms with Gasteiger partial charge in [-0.1, -0.05) is 18.2 Å². The summed E-state index contributed by atoms with van der Waals surface area (Å²) in [6, 6.07) is 9.24. The van der Waals surface area contributed by atoms with Crippen LogP contribution in [-0.2, 0) is 17.7 Å². The third-order valence-electron chi connectivity index (χ3n) is 6.08. The second-order valence-corrected chi connectivity index (χ2v) is 10.4. The van der Waals surface area contributed by atoms with Gasteiger partial charge in [-0.25, -0.2) is 19.4 Å². The molecule has 1 amide bonds. The number of benzene rings is 1. The number of amides is 1. The van der Waals surface area contributed by atoms with Gasteiger partial charge in [-0.2, -0.15) is 10.2 Å². The smallest absolute Gasteiger partial charge is 0.410 e. The average Bonchev–Trinajstić information content (AvgIpc) is 3.36. The number of carbonyl (C=O) groups excluding carboxylic acids is 1. The molecule has 11 nitrogen and oxygen atoms in total. The molecule has 4 aromatic rings. The quantitative estimate of drug-likeness (QED) is 0.357. The Kier molecular flexibility index (Phi) is 7.14. The number of hydrogen-bond donors (Lipinski definition) is 0. The lowest BCUT2D eigenvalue weighted by Gasteiger charge is -2.39. The van der Waals surface area contributed by atoms with E-state index in [1.807, 2.05) is 58.2 Å². The molecule has 0 aliphatic carbocycles. The first-order valence-corrected chi connectivity index (χ1v) is 12.8. The summed E-state index contributed by atoms with van der Waals surface area (Å²) in [6.07, 6.45) is 8.40. The number of carbonyl (C=O) groups is 1. The van der Waals surface area contributed by atoms with Crippen LogP contribution in [0.5, 0.6) is 5.75 Å². The molecule has 5 rings (SSSR count). The molecule has 0 saturated carbocycles. The van der Waals surface area contributed by atoms with E-state index in [4.69, 9.17) is 9.47 Å². The summed E-state index contributed by atoms with van der Waals surface area (Å²) >= 11 is 0. The SMILES string of the molecule is CCn1cc(-n2ccc(=O)c(Cc3cccc(-c4ncc(OC5CN(C(=O)OC(C)(C)C)C5)cn4)c3)n2)cn1. The Morgan fingerprint density at radius 1 is 1.10 bits per heavy atom. The molecule has 1 aromatic carbocycles. The Labute approximate surface area is 226 Å². The van der Waals surface area contributed by atoms with Crippen molar-refractivity contribution in [1.82, 2.24) is 34.4 Å². The van der Waals surface area contributed by atoms with Gasteiger partial charge in [0.25, 0.3) is 0 Å². The molecule has 3 aromatic heterocycles. The molecule has 0 unspecified atom stereocenters. The first-order valence-electron chi connectivity index (χ1n) is 12.8. The number of nitrogens with zero attached hydrogens (tertiary/aromatic N) is 7. The highest BCUT2D eigenvalue weighted by Gasteiger charge is 2.35. The fourth-order valence-electron chi connectivity index (χ4n) is 4.08. The summed E-state index contributed by atoms with van der Waals surface area (Å²) < 4.78 is 14.7. The van der Waals surface area contributed by atoms with Crippen molar-refractivity contribution < 1.29 is 14.3 Å². The van der Waals surface area contributed by atoms with E-state index in [9.17, 15) is 9.59 Å². The zero-order valence-corrected chi connectivity index (χ0v) is 22.4. The zero-order chi connectivity index (χ0) is 27.6. The van der Waals surface area contributed by atoms with Gasteiger partial charge in [-0.05, 0) is 39.3 Å². The van der Waals surface area contributed by atoms with Crippen molar-refractivity contribution in [2.45, 2.75) is 52.4 Å². The highest BCUT2D eigenvalue weighted by molar-refractivity contribution is 5.69. The first kappa shape index (κ1) is 26.1. The van der Waals surface area contributed by atoms with Gasteiger partial charge in [0.15, 0.2) is 11.6 Å². The fourth-order valence-corrected chi connectivity index (χ4v) is 4.08. The molecule has 0 atom stereocenters. The molecule has 11 heteroatoms. The Morgan fingerprint density at radius 2 is 1.87 bits per heavy atom. The second-order valence-electron chi connectivity index (χ2n) is 10.4. The zero-order valence-electron chi connectivity index (χ0n) is 22.4. The van der Waals surface area contributed by atoms with E-state index >= 15 is 0 Å². The molecular formula is C28H31N7O4. The largest absolute Gasteiger partial charge is 0.483 e. The molecule has 0 N–H and O–H groups in total. The van der Waals surface area contributed by atoms with Crippen LogP contribution in [0.1, 0.15) is 39.0 Å². The minimum atomic E-state index is -0.528. The predicted molar refractivity (Wildman–Crippen MR) is 144 cm³/mol. The summed E-state index contributed by atoms with van der Waals surface area (Å²) in [4.78, 5) is 35.2. The van der Waals surface area contributed by atoms with Crippen LogP contribution in [0.15, 0.2) is 66.1 Å². The standard InChI is InChI=1S/C28H31N7O4/c1-5-34-16-21(13-31-34)35-10-9-25(36)24(32-35)12-19-7-6-8-20(11-19)26-29-14-22(15-30-26)38-23-17-33(18-23)27(37)39-28(2,3)4/h6-11,13-16,23H,5,12,17-18H2,1-4H3. The Bertz CT molecular complexity index is 1520. The second kappa shape index (κ2) is 10.7. The van der Waals surface area contributed by atoms with Gasteiger partial charge in [0.1, 0.15) is 23.1 Å². The van der Waals surface area contributed by atoms with Crippen LogP contribution in [0.25, 0.3) is 17.1 Å². The van der Waals surface area contributed by atoms with Crippen LogP contribution in [0, 0.1) is 0 Å². The molecule has 1 aliphatic rings. The van der Waals surface area contributed by atoms with Crippen molar-refractivity contribution >= 4 is 6.09 Å². The number of likely N-dealkylation sites (tertiary alicyclic amines) is 1. The van der Waals surface area contributed by atoms with Crippen LogP contribution >= 0.6 is 0 Å². The number of aryl methyl sites for hydroxylation is 1. The number of aromatic nitrogens is 6. The third-order valence-corrected chi connectivity index (χ3v) is 6.08. The van der Waals surface area contributed by atoms with Crippen LogP contribution < -0.4 is 10.2 Å². The van der Waals surface area contributed by atoms with Crippen LogP contribution in [-0.4, -0.2) is 65.3 Å². The Hall–Kier alpha value is -4.54. The lowest BCUT2D eigenvalue weighted by Crippen LogP contribution is -2.57. The van der Waals surface area contributed by atoms with Gasteiger partial charge in [0.05, 0.1) is 37.9 Å². The maximum atomic E-state index is 12.5. The van der Waals surface area contributed by atoms with E-state index < -0.39 is 5.60 Å². The number of ether oxygens (including phenoxy) is 2. The van der Waals surface area contributed by atoms with Crippen LogP contribution in [0.3, 0.4) is 0 Å². The molecule has 39 heavy (non-hydrogen) atoms. The normalized spacial score (nSPS) is 13.7. The van der Waals surface area contributed by atoms with Gasteiger partial charge < -0.3 is 14.4 Å². The third kappa shape index (κ3) is 6.31. The van der Waals surface area contributed by atoms with Crippen molar-refractivity contribution in [2.75, 3.05) is 13.1 Å². The molecule has 0 spiro atoms. The van der Waals surface area contributed by atoms with Crippen molar-refractivity contribution in [3.05, 3.63) is 82.8 Å². The number of hydrogen-bond acceptors (Lipinski definition) is 8. The van der Waals surface area contributed by atoms with Gasteiger partial charge in [-0.15, -0.1) is 0 Å². The van der Waals surface area contributed by atoms with E-state index in [0.717, 1.165) is 23.4 Å². The monoisotopic (exact) mass is 529 g/mol. The summed E-state index contributed by atoms with van der Waals surface area (Å²) in [7, 11) is 0. The summed E-state index contributed by atoms with van der Waals surface area (Å²) in [5.41, 5.74) is 2.31. The molecule has 0 bridgehead atoms. The lowest BCUT2D eigenvalue weighted by molar-refractivity contribution is -0.0222. The van der Waals surface area contributed by atoms with E-state index in [-0.39, 0.29) is 17.6 Å². The van der Waals surface area contributed by atoms with Gasteiger partial charge >= 0.3 is 6.09 Å². The van der Waals surface area contributed by atoms with Crippen LogP contribution in [0.2, 0.25) is 0 Å². The Balaban J connectivity index is 1.22. The van der Waals surface area contributed by atoms with E-state index in [1.165, 1.54) is 6.07 Å². The summed E-state index contributed by atoms with van der Waals surface area (Å²) in [5.74, 6) is 1.07. The fraction of sp³-hybridized carbons (Fsp3) is 0.357. The highest BCUT2D eigenvalue weighted by Crippen LogP contribution is 2.22. The van der Waals surface area contributed by atoms with E-state index in [2.05, 4.69) is 20.2 Å². The lowest BCUT2D eigenvalue weighted by atomic mass is 10.1. The van der Waals surface area contributed by atoms with E-state index in [1.54, 1.807) is 39.1 Å². The summed E-state index contributed by atoms with van der Waals surface area (Å²) in [5, 5.41) is 8.82. The molecular weight excluding hydrogens is 498 g/mol. The van der Waals surface area contributed by atoms with E-state index in [0.29, 0.717) is 36.8 Å². The molecule has 4 heterocycles. The van der Waals surface area contributed by atoms with Crippen molar-refractivity contribution in [2.24, 2.45) is 0 Å². The maximum Gasteiger partial charge on any atom is 0.410 e. The maximum absolute atomic E-state index is 12.5. The van der Waals surface area contributed by atoms with Crippen molar-refractivity contribution in [1.29, 1.82) is 0 Å². The Morgan fingerprint density at radius 3 is 2.56 bits per heavy atom. The highest BCUT2D eigenvalue weighted by atomic mass is 16.6. The van der Waals surface area contributed by atoms with Gasteiger partial charge in [-0.3, -0.25) is 9.48 Å².